The van der Waals surface area contributed by atoms with Gasteiger partial charge in [-0.3, -0.25) is 19.2 Å². The summed E-state index contributed by atoms with van der Waals surface area (Å²) in [7, 11) is 7.23. The van der Waals surface area contributed by atoms with Crippen molar-refractivity contribution in [2.45, 2.75) is 71.3 Å². The van der Waals surface area contributed by atoms with Crippen LogP contribution in [0, 0.1) is 0 Å². The fraction of sp³-hybridized carbons (Fsp3) is 0.730. The number of nitrogens with one attached hydrogen (secondary N) is 5. The van der Waals surface area contributed by atoms with E-state index in [-0.39, 0.29) is 23.6 Å². The standard InChI is InChI=1S/C37H69BN8O6S4/c1-3-10-34(47)41-18-27-53-55-29-20-43-36(49)14-25-46(23-9-7-17-40-31-32-11-4-5-12-33(32)38(51)52)26-15-37(50)44-21-30-56-54-28-19-42-35(48)13-24-45(2)22-8-6-16-39/h4-5,11-12,40,51-52H,3,6-10,13-31,39H2,1-2H3,(H,41,47)(H,42,48)(H,43,49)(H,44,50). The second-order valence-electron chi connectivity index (χ2n) is 13.3. The van der Waals surface area contributed by atoms with E-state index in [1.54, 1.807) is 55.3 Å². The van der Waals surface area contributed by atoms with E-state index in [9.17, 15) is 29.2 Å². The number of nitrogens with zero attached hydrogens (tertiary/aromatic N) is 2. The van der Waals surface area contributed by atoms with Crippen LogP contribution in [-0.2, 0) is 25.7 Å². The van der Waals surface area contributed by atoms with Crippen LogP contribution in [0.15, 0.2) is 24.3 Å². The number of benzene rings is 1. The molecule has 0 aliphatic rings. The van der Waals surface area contributed by atoms with Crippen LogP contribution in [0.4, 0.5) is 0 Å². The third kappa shape index (κ3) is 30.4. The van der Waals surface area contributed by atoms with Crippen LogP contribution < -0.4 is 37.8 Å². The Labute approximate surface area is 352 Å². The highest BCUT2D eigenvalue weighted by atomic mass is 33.1. The highest BCUT2D eigenvalue weighted by molar-refractivity contribution is 8.77. The van der Waals surface area contributed by atoms with Gasteiger partial charge in [-0.2, -0.15) is 0 Å². The van der Waals surface area contributed by atoms with E-state index in [1.165, 1.54) is 0 Å². The minimum absolute atomic E-state index is 0.0148. The van der Waals surface area contributed by atoms with Crippen LogP contribution >= 0.6 is 43.2 Å². The summed E-state index contributed by atoms with van der Waals surface area (Å²) < 4.78 is 0. The molecule has 0 atom stereocenters. The van der Waals surface area contributed by atoms with Gasteiger partial charge in [-0.15, -0.1) is 0 Å². The Balaban J connectivity index is 2.33. The number of hydrogen-bond donors (Lipinski definition) is 8. The summed E-state index contributed by atoms with van der Waals surface area (Å²) in [6, 6.07) is 7.24. The van der Waals surface area contributed by atoms with Crippen LogP contribution in [0.5, 0.6) is 0 Å². The molecule has 0 radical (unpaired) electrons. The third-order valence-corrected chi connectivity index (χ3v) is 13.2. The van der Waals surface area contributed by atoms with Crippen molar-refractivity contribution in [1.29, 1.82) is 0 Å². The predicted molar refractivity (Wildman–Crippen MR) is 240 cm³/mol. The molecular weight excluding hydrogens is 792 g/mol. The molecule has 14 nitrogen and oxygen atoms in total. The first-order valence-electron chi connectivity index (χ1n) is 20.0. The number of amides is 4. The van der Waals surface area contributed by atoms with Crippen molar-refractivity contribution in [2.75, 3.05) is 102 Å². The van der Waals surface area contributed by atoms with Crippen LogP contribution in [0.3, 0.4) is 0 Å². The molecule has 320 valence electrons. The quantitative estimate of drug-likeness (QED) is 0.0271. The van der Waals surface area contributed by atoms with Crippen molar-refractivity contribution in [1.82, 2.24) is 36.4 Å². The van der Waals surface area contributed by atoms with Gasteiger partial charge in [0.2, 0.25) is 23.6 Å². The number of rotatable bonds is 37. The van der Waals surface area contributed by atoms with Crippen molar-refractivity contribution in [2.24, 2.45) is 5.73 Å². The Morgan fingerprint density at radius 3 is 1.62 bits per heavy atom. The molecule has 0 bridgehead atoms. The number of carbonyl (C=O) groups is 4. The molecule has 0 saturated heterocycles. The van der Waals surface area contributed by atoms with Crippen molar-refractivity contribution in [3.05, 3.63) is 29.8 Å². The van der Waals surface area contributed by atoms with Crippen LogP contribution in [0.1, 0.15) is 70.3 Å². The maximum Gasteiger partial charge on any atom is 0.488 e. The van der Waals surface area contributed by atoms with E-state index in [0.29, 0.717) is 83.5 Å². The maximum atomic E-state index is 12.7. The zero-order valence-corrected chi connectivity index (χ0v) is 37.0. The lowest BCUT2D eigenvalue weighted by Crippen LogP contribution is -2.36. The van der Waals surface area contributed by atoms with Crippen molar-refractivity contribution >= 4 is 79.4 Å². The van der Waals surface area contributed by atoms with Gasteiger partial charge in [-0.1, -0.05) is 74.4 Å². The Bertz CT molecular complexity index is 1200. The van der Waals surface area contributed by atoms with Gasteiger partial charge in [0.25, 0.3) is 0 Å². The van der Waals surface area contributed by atoms with Gasteiger partial charge in [-0.05, 0) is 76.4 Å². The van der Waals surface area contributed by atoms with Gasteiger partial charge < -0.3 is 52.2 Å². The number of carbonyl (C=O) groups excluding carboxylic acids is 4. The predicted octanol–water partition coefficient (Wildman–Crippen LogP) is 1.41. The SMILES string of the molecule is CCCC(=O)NCCSSCCNC(=O)CCN(CCCCNCc1ccccc1B(O)O)CCC(=O)NCCSSCCNC(=O)CCN(C)CCCCN. The minimum atomic E-state index is -1.51. The second kappa shape index (κ2) is 36.4. The molecule has 0 spiro atoms. The molecule has 0 fully saturated rings. The van der Waals surface area contributed by atoms with E-state index >= 15 is 0 Å². The monoisotopic (exact) mass is 860 g/mol. The first-order valence-corrected chi connectivity index (χ1v) is 24.9. The van der Waals surface area contributed by atoms with Gasteiger partial charge in [0.1, 0.15) is 0 Å². The Kier molecular flexibility index (Phi) is 34.0. The van der Waals surface area contributed by atoms with Crippen molar-refractivity contribution in [3.63, 3.8) is 0 Å². The fourth-order valence-corrected chi connectivity index (χ4v) is 8.91. The van der Waals surface area contributed by atoms with Gasteiger partial charge in [0.05, 0.1) is 0 Å². The first-order chi connectivity index (χ1) is 27.2. The lowest BCUT2D eigenvalue weighted by Gasteiger charge is -2.22. The average molecular weight is 861 g/mol. The summed E-state index contributed by atoms with van der Waals surface area (Å²) in [4.78, 5) is 53.3. The molecule has 0 unspecified atom stereocenters. The van der Waals surface area contributed by atoms with Crippen LogP contribution in [-0.4, -0.2) is 153 Å². The number of unbranched alkanes of at least 4 members (excludes halogenated alkanes) is 2. The van der Waals surface area contributed by atoms with E-state index < -0.39 is 7.12 Å². The number of nitrogens with two attached hydrogens (primary N) is 1. The largest absolute Gasteiger partial charge is 0.488 e. The molecule has 1 rings (SSSR count). The molecule has 56 heavy (non-hydrogen) atoms. The molecule has 1 aromatic carbocycles. The molecule has 0 aliphatic heterocycles. The van der Waals surface area contributed by atoms with Crippen LogP contribution in [0.2, 0.25) is 0 Å². The van der Waals surface area contributed by atoms with Gasteiger partial charge >= 0.3 is 7.12 Å². The summed E-state index contributed by atoms with van der Waals surface area (Å²) in [5.74, 6) is 3.28. The molecule has 0 aliphatic carbocycles. The fourth-order valence-electron chi connectivity index (χ4n) is 5.29. The summed E-state index contributed by atoms with van der Waals surface area (Å²) >= 11 is 0. The van der Waals surface area contributed by atoms with Gasteiger partial charge in [0, 0.05) is 101 Å². The summed E-state index contributed by atoms with van der Waals surface area (Å²) in [5, 5.41) is 34.5. The highest BCUT2D eigenvalue weighted by Crippen LogP contribution is 2.20. The topological polar surface area (TPSA) is 201 Å². The molecule has 0 heterocycles. The zero-order valence-electron chi connectivity index (χ0n) is 33.7. The normalized spacial score (nSPS) is 11.2. The van der Waals surface area contributed by atoms with E-state index in [1.807, 2.05) is 26.1 Å². The van der Waals surface area contributed by atoms with E-state index in [0.717, 1.165) is 86.9 Å². The lowest BCUT2D eigenvalue weighted by atomic mass is 9.77. The Morgan fingerprint density at radius 1 is 0.643 bits per heavy atom. The zero-order chi connectivity index (χ0) is 41.1. The van der Waals surface area contributed by atoms with Crippen molar-refractivity contribution < 1.29 is 29.2 Å². The average Bonchev–Trinajstić information content (AvgIpc) is 3.18. The van der Waals surface area contributed by atoms with Crippen LogP contribution in [0.25, 0.3) is 0 Å². The molecule has 1 aromatic rings. The number of hydrogen-bond acceptors (Lipinski definition) is 14. The molecule has 4 amide bonds. The molecule has 0 saturated carbocycles. The summed E-state index contributed by atoms with van der Waals surface area (Å²) in [5.41, 5.74) is 6.88. The minimum Gasteiger partial charge on any atom is -0.423 e. The van der Waals surface area contributed by atoms with Gasteiger partial charge in [0.15, 0.2) is 0 Å². The smallest absolute Gasteiger partial charge is 0.423 e. The van der Waals surface area contributed by atoms with Crippen molar-refractivity contribution in [3.8, 4) is 0 Å². The summed E-state index contributed by atoms with van der Waals surface area (Å²) in [6.45, 7) is 9.92. The van der Waals surface area contributed by atoms with E-state index in [4.69, 9.17) is 5.73 Å². The lowest BCUT2D eigenvalue weighted by molar-refractivity contribution is -0.122. The first kappa shape index (κ1) is 52.3. The molecular formula is C37H69BN8O6S4. The maximum absolute atomic E-state index is 12.7. The Morgan fingerprint density at radius 2 is 1.12 bits per heavy atom. The van der Waals surface area contributed by atoms with E-state index in [2.05, 4.69) is 36.4 Å². The molecule has 9 N–H and O–H groups in total. The Hall–Kier alpha value is -1.68. The van der Waals surface area contributed by atoms with Gasteiger partial charge in [-0.25, -0.2) is 0 Å². The second-order valence-corrected chi connectivity index (χ2v) is 18.7. The third-order valence-electron chi connectivity index (χ3n) is 8.43. The highest BCUT2D eigenvalue weighted by Gasteiger charge is 2.15. The molecule has 19 heteroatoms. The summed E-state index contributed by atoms with van der Waals surface area (Å²) in [6.07, 6.45) is 6.40. The molecule has 0 aromatic heterocycles.